The minimum atomic E-state index is 0.682. The van der Waals surface area contributed by atoms with Gasteiger partial charge >= 0.3 is 0 Å². The van der Waals surface area contributed by atoms with Crippen LogP contribution in [0.4, 0.5) is 5.69 Å². The molecule has 4 nitrogen and oxygen atoms in total. The molecule has 0 aliphatic carbocycles. The van der Waals surface area contributed by atoms with Crippen LogP contribution in [-0.2, 0) is 0 Å². The Balaban J connectivity index is 2.35. The van der Waals surface area contributed by atoms with Gasteiger partial charge in [0.25, 0.3) is 0 Å². The Hall–Kier alpha value is -1.71. The van der Waals surface area contributed by atoms with E-state index in [0.29, 0.717) is 12.5 Å². The second kappa shape index (κ2) is 4.21. The molecule has 0 bridgehead atoms. The van der Waals surface area contributed by atoms with Gasteiger partial charge in [0.05, 0.1) is 5.69 Å². The average Bonchev–Trinajstić information content (AvgIpc) is 2.30. The summed E-state index contributed by atoms with van der Waals surface area (Å²) in [6, 6.07) is 2.05. The van der Waals surface area contributed by atoms with Crippen molar-refractivity contribution < 1.29 is 4.74 Å². The van der Waals surface area contributed by atoms with E-state index in [1.54, 1.807) is 0 Å². The topological polar surface area (TPSA) is 46.2 Å². The highest BCUT2D eigenvalue weighted by Crippen LogP contribution is 2.26. The van der Waals surface area contributed by atoms with Gasteiger partial charge < -0.3 is 15.4 Å². The van der Waals surface area contributed by atoms with Crippen LogP contribution in [0.1, 0.15) is 12.5 Å². The third-order valence-electron chi connectivity index (χ3n) is 2.38. The second-order valence-electron chi connectivity index (χ2n) is 3.30. The van der Waals surface area contributed by atoms with Crippen molar-refractivity contribution in [2.45, 2.75) is 6.92 Å². The number of anilines is 1. The summed E-state index contributed by atoms with van der Waals surface area (Å²) >= 11 is 0. The Bertz CT molecular complexity index is 387. The Labute approximate surface area is 89.4 Å². The quantitative estimate of drug-likeness (QED) is 0.767. The number of rotatable bonds is 2. The van der Waals surface area contributed by atoms with Gasteiger partial charge in [-0.25, -0.2) is 4.98 Å². The van der Waals surface area contributed by atoms with Gasteiger partial charge in [-0.2, -0.15) is 0 Å². The SMILES string of the molecule is C/C=C(\NC)c1cnc2c(c1)NCCO2. The number of hydrogen-bond donors (Lipinski definition) is 2. The van der Waals surface area contributed by atoms with Crippen molar-refractivity contribution in [2.75, 3.05) is 25.5 Å². The van der Waals surface area contributed by atoms with Crippen molar-refractivity contribution in [3.05, 3.63) is 23.9 Å². The first-order valence-electron chi connectivity index (χ1n) is 5.06. The fourth-order valence-corrected chi connectivity index (χ4v) is 1.63. The molecule has 0 spiro atoms. The molecule has 0 amide bonds. The zero-order chi connectivity index (χ0) is 10.7. The smallest absolute Gasteiger partial charge is 0.237 e. The zero-order valence-corrected chi connectivity index (χ0v) is 9.00. The third-order valence-corrected chi connectivity index (χ3v) is 2.38. The number of aromatic nitrogens is 1. The summed E-state index contributed by atoms with van der Waals surface area (Å²) in [7, 11) is 1.90. The first-order valence-corrected chi connectivity index (χ1v) is 5.06. The monoisotopic (exact) mass is 205 g/mol. The summed E-state index contributed by atoms with van der Waals surface area (Å²) in [5, 5.41) is 6.39. The maximum Gasteiger partial charge on any atom is 0.237 e. The van der Waals surface area contributed by atoms with Crippen molar-refractivity contribution in [3.63, 3.8) is 0 Å². The normalized spacial score (nSPS) is 14.9. The van der Waals surface area contributed by atoms with E-state index in [2.05, 4.69) is 15.6 Å². The first kappa shape index (κ1) is 9.83. The number of nitrogens with one attached hydrogen (secondary N) is 2. The summed E-state index contributed by atoms with van der Waals surface area (Å²) in [4.78, 5) is 4.27. The molecule has 0 atom stereocenters. The molecule has 15 heavy (non-hydrogen) atoms. The molecule has 0 saturated carbocycles. The lowest BCUT2D eigenvalue weighted by atomic mass is 10.2. The van der Waals surface area contributed by atoms with Crippen LogP contribution in [0.3, 0.4) is 0 Å². The van der Waals surface area contributed by atoms with E-state index >= 15 is 0 Å². The molecular weight excluding hydrogens is 190 g/mol. The molecule has 1 aliphatic rings. The minimum absolute atomic E-state index is 0.682. The summed E-state index contributed by atoms with van der Waals surface area (Å²) in [6.07, 6.45) is 3.84. The molecule has 0 aromatic carbocycles. The van der Waals surface area contributed by atoms with Gasteiger partial charge in [-0.15, -0.1) is 0 Å². The molecule has 1 aromatic heterocycles. The maximum absolute atomic E-state index is 5.41. The van der Waals surface area contributed by atoms with Gasteiger partial charge in [0.1, 0.15) is 6.61 Å². The predicted molar refractivity (Wildman–Crippen MR) is 60.9 cm³/mol. The number of allylic oxidation sites excluding steroid dienone is 1. The van der Waals surface area contributed by atoms with E-state index in [9.17, 15) is 0 Å². The minimum Gasteiger partial charge on any atom is -0.474 e. The van der Waals surface area contributed by atoms with E-state index in [-0.39, 0.29) is 0 Å². The molecule has 0 fully saturated rings. The standard InChI is InChI=1S/C11H15N3O/c1-3-9(12-2)8-6-10-11(14-7-8)15-5-4-13-10/h3,6-7,12-13H,4-5H2,1-2H3/b9-3-. The molecule has 80 valence electrons. The molecule has 2 heterocycles. The Morgan fingerprint density at radius 1 is 1.67 bits per heavy atom. The van der Waals surface area contributed by atoms with Crippen molar-refractivity contribution in [2.24, 2.45) is 0 Å². The van der Waals surface area contributed by atoms with Crippen LogP contribution in [-0.4, -0.2) is 25.2 Å². The fourth-order valence-electron chi connectivity index (χ4n) is 1.63. The van der Waals surface area contributed by atoms with E-state index in [1.807, 2.05) is 32.3 Å². The lowest BCUT2D eigenvalue weighted by molar-refractivity contribution is 0.310. The van der Waals surface area contributed by atoms with E-state index < -0.39 is 0 Å². The van der Waals surface area contributed by atoms with E-state index in [4.69, 9.17) is 4.74 Å². The molecule has 1 aliphatic heterocycles. The molecular formula is C11H15N3O. The first-order chi connectivity index (χ1) is 7.35. The Morgan fingerprint density at radius 3 is 3.27 bits per heavy atom. The predicted octanol–water partition coefficient (Wildman–Crippen LogP) is 1.47. The van der Waals surface area contributed by atoms with Crippen LogP contribution in [0, 0.1) is 0 Å². The van der Waals surface area contributed by atoms with Gasteiger partial charge in [-0.1, -0.05) is 6.08 Å². The molecule has 0 radical (unpaired) electrons. The van der Waals surface area contributed by atoms with Crippen molar-refractivity contribution in [1.82, 2.24) is 10.3 Å². The number of ether oxygens (including phenoxy) is 1. The van der Waals surface area contributed by atoms with Crippen LogP contribution in [0.15, 0.2) is 18.3 Å². The number of pyridine rings is 1. The van der Waals surface area contributed by atoms with Gasteiger partial charge in [-0.05, 0) is 13.0 Å². The largest absolute Gasteiger partial charge is 0.474 e. The lowest BCUT2D eigenvalue weighted by Gasteiger charge is -2.18. The number of nitrogens with zero attached hydrogens (tertiary/aromatic N) is 1. The van der Waals surface area contributed by atoms with Gasteiger partial charge in [0.15, 0.2) is 0 Å². The van der Waals surface area contributed by atoms with Crippen LogP contribution in [0.2, 0.25) is 0 Å². The Morgan fingerprint density at radius 2 is 2.53 bits per heavy atom. The Kier molecular flexibility index (Phi) is 2.76. The molecule has 2 rings (SSSR count). The highest BCUT2D eigenvalue weighted by Gasteiger charge is 2.12. The van der Waals surface area contributed by atoms with Gasteiger partial charge in [-0.3, -0.25) is 0 Å². The van der Waals surface area contributed by atoms with E-state index in [1.165, 1.54) is 0 Å². The highest BCUT2D eigenvalue weighted by atomic mass is 16.5. The lowest BCUT2D eigenvalue weighted by Crippen LogP contribution is -2.19. The van der Waals surface area contributed by atoms with Crippen LogP contribution in [0.5, 0.6) is 5.88 Å². The van der Waals surface area contributed by atoms with Gasteiger partial charge in [0.2, 0.25) is 5.88 Å². The van der Waals surface area contributed by atoms with E-state index in [0.717, 1.165) is 23.5 Å². The molecule has 0 unspecified atom stereocenters. The average molecular weight is 205 g/mol. The van der Waals surface area contributed by atoms with Crippen LogP contribution >= 0.6 is 0 Å². The zero-order valence-electron chi connectivity index (χ0n) is 9.00. The van der Waals surface area contributed by atoms with Crippen molar-refractivity contribution in [1.29, 1.82) is 0 Å². The molecule has 0 saturated heterocycles. The summed E-state index contributed by atoms with van der Waals surface area (Å²) < 4.78 is 5.41. The van der Waals surface area contributed by atoms with Crippen molar-refractivity contribution >= 4 is 11.4 Å². The molecule has 1 aromatic rings. The highest BCUT2D eigenvalue weighted by molar-refractivity contribution is 5.68. The second-order valence-corrected chi connectivity index (χ2v) is 3.30. The number of fused-ring (bicyclic) bond motifs is 1. The van der Waals surface area contributed by atoms with Crippen LogP contribution < -0.4 is 15.4 Å². The summed E-state index contributed by atoms with van der Waals surface area (Å²) in [5.74, 6) is 0.691. The number of hydrogen-bond acceptors (Lipinski definition) is 4. The third kappa shape index (κ3) is 1.88. The fraction of sp³-hybridized carbons (Fsp3) is 0.364. The van der Waals surface area contributed by atoms with Gasteiger partial charge in [0, 0.05) is 31.0 Å². The molecule has 4 heteroatoms. The van der Waals surface area contributed by atoms with Crippen molar-refractivity contribution in [3.8, 4) is 5.88 Å². The maximum atomic E-state index is 5.41. The van der Waals surface area contributed by atoms with Crippen LogP contribution in [0.25, 0.3) is 5.70 Å². The summed E-state index contributed by atoms with van der Waals surface area (Å²) in [6.45, 7) is 3.51. The molecule has 2 N–H and O–H groups in total. The summed E-state index contributed by atoms with van der Waals surface area (Å²) in [5.41, 5.74) is 3.10.